The molecule has 0 aliphatic rings. The maximum Gasteiger partial charge on any atom is 0.419 e. The van der Waals surface area contributed by atoms with Crippen LogP contribution in [0.2, 0.25) is 0 Å². The maximum atomic E-state index is 11.3. The van der Waals surface area contributed by atoms with Gasteiger partial charge in [0.15, 0.2) is 5.58 Å². The lowest BCUT2D eigenvalue weighted by Crippen LogP contribution is -2.10. The summed E-state index contributed by atoms with van der Waals surface area (Å²) >= 11 is 0. The van der Waals surface area contributed by atoms with E-state index >= 15 is 0 Å². The van der Waals surface area contributed by atoms with Crippen molar-refractivity contribution >= 4 is 17.2 Å². The first-order valence-electron chi connectivity index (χ1n) is 5.49. The number of nitrogens with zero attached hydrogens (tertiary/aromatic N) is 2. The molecular formula is C13H16N2O2. The van der Waals surface area contributed by atoms with E-state index in [4.69, 9.17) is 4.42 Å². The van der Waals surface area contributed by atoms with Crippen LogP contribution < -0.4 is 5.76 Å². The lowest BCUT2D eigenvalue weighted by Gasteiger charge is -2.03. The first-order chi connectivity index (χ1) is 8.08. The van der Waals surface area contributed by atoms with Gasteiger partial charge in [0.25, 0.3) is 0 Å². The fraction of sp³-hybridized carbons (Fsp3) is 0.308. The number of fused-ring (bicyclic) bond motifs is 1. The molecule has 90 valence electrons. The molecule has 0 aliphatic heterocycles. The molecule has 1 aromatic heterocycles. The van der Waals surface area contributed by atoms with E-state index in [1.54, 1.807) is 7.05 Å². The third-order valence-electron chi connectivity index (χ3n) is 2.60. The molecular weight excluding hydrogens is 216 g/mol. The van der Waals surface area contributed by atoms with Gasteiger partial charge in [-0.15, -0.1) is 0 Å². The number of hydrogen-bond donors (Lipinski definition) is 0. The summed E-state index contributed by atoms with van der Waals surface area (Å²) in [6.45, 7) is 0.886. The average molecular weight is 232 g/mol. The Kier molecular flexibility index (Phi) is 3.15. The van der Waals surface area contributed by atoms with E-state index in [1.165, 1.54) is 4.57 Å². The number of benzene rings is 1. The molecule has 1 aromatic carbocycles. The van der Waals surface area contributed by atoms with Crippen molar-refractivity contribution < 1.29 is 4.42 Å². The molecule has 4 heteroatoms. The van der Waals surface area contributed by atoms with Crippen LogP contribution in [-0.2, 0) is 7.05 Å². The summed E-state index contributed by atoms with van der Waals surface area (Å²) in [5, 5.41) is 0. The lowest BCUT2D eigenvalue weighted by atomic mass is 10.2. The van der Waals surface area contributed by atoms with E-state index < -0.39 is 0 Å². The van der Waals surface area contributed by atoms with Gasteiger partial charge in [0.2, 0.25) is 0 Å². The Bertz CT molecular complexity index is 605. The summed E-state index contributed by atoms with van der Waals surface area (Å²) in [7, 11) is 5.74. The maximum absolute atomic E-state index is 11.3. The fourth-order valence-corrected chi connectivity index (χ4v) is 1.65. The second-order valence-corrected chi connectivity index (χ2v) is 4.32. The SMILES string of the molecule is CN(C)CC=Cc1ccc2c(c1)oc(=O)n2C. The van der Waals surface area contributed by atoms with Crippen LogP contribution in [0.5, 0.6) is 0 Å². The van der Waals surface area contributed by atoms with Crippen molar-refractivity contribution in [2.75, 3.05) is 20.6 Å². The van der Waals surface area contributed by atoms with Gasteiger partial charge in [-0.3, -0.25) is 4.57 Å². The molecule has 1 heterocycles. The molecule has 0 atom stereocenters. The molecule has 0 bridgehead atoms. The zero-order valence-electron chi connectivity index (χ0n) is 10.3. The third-order valence-corrected chi connectivity index (χ3v) is 2.60. The normalized spacial score (nSPS) is 12.0. The van der Waals surface area contributed by atoms with Gasteiger partial charge in [0.05, 0.1) is 5.52 Å². The van der Waals surface area contributed by atoms with Crippen LogP contribution in [0.4, 0.5) is 0 Å². The Hall–Kier alpha value is -1.81. The van der Waals surface area contributed by atoms with Gasteiger partial charge < -0.3 is 9.32 Å². The highest BCUT2D eigenvalue weighted by atomic mass is 16.4. The Balaban J connectivity index is 2.32. The van der Waals surface area contributed by atoms with Crippen molar-refractivity contribution in [3.63, 3.8) is 0 Å². The van der Waals surface area contributed by atoms with Crippen molar-refractivity contribution in [1.29, 1.82) is 0 Å². The lowest BCUT2D eigenvalue weighted by molar-refractivity contribution is 0.457. The molecule has 0 saturated carbocycles. The summed E-state index contributed by atoms with van der Waals surface area (Å²) in [6.07, 6.45) is 4.09. The van der Waals surface area contributed by atoms with E-state index in [-0.39, 0.29) is 5.76 Å². The standard InChI is InChI=1S/C13H16N2O2/c1-14(2)8-4-5-10-6-7-11-12(9-10)17-13(16)15(11)3/h4-7,9H,8H2,1-3H3. The van der Waals surface area contributed by atoms with Crippen molar-refractivity contribution in [2.24, 2.45) is 7.05 Å². The van der Waals surface area contributed by atoms with Crippen LogP contribution in [0.1, 0.15) is 5.56 Å². The first kappa shape index (κ1) is 11.7. The molecule has 0 aliphatic carbocycles. The number of rotatable bonds is 3. The Morgan fingerprint density at radius 1 is 1.41 bits per heavy atom. The number of aromatic nitrogens is 1. The van der Waals surface area contributed by atoms with Gasteiger partial charge in [-0.2, -0.15) is 0 Å². The Morgan fingerprint density at radius 3 is 2.88 bits per heavy atom. The molecule has 0 unspecified atom stereocenters. The summed E-state index contributed by atoms with van der Waals surface area (Å²) in [5.41, 5.74) is 2.48. The zero-order valence-corrected chi connectivity index (χ0v) is 10.3. The van der Waals surface area contributed by atoms with Gasteiger partial charge in [-0.1, -0.05) is 18.2 Å². The van der Waals surface area contributed by atoms with Crippen LogP contribution in [0.25, 0.3) is 17.2 Å². The molecule has 0 spiro atoms. The fourth-order valence-electron chi connectivity index (χ4n) is 1.65. The highest BCUT2D eigenvalue weighted by molar-refractivity contribution is 5.76. The number of aryl methyl sites for hydroxylation is 1. The molecule has 0 fully saturated rings. The van der Waals surface area contributed by atoms with Crippen molar-refractivity contribution in [3.8, 4) is 0 Å². The predicted octanol–water partition coefficient (Wildman–Crippen LogP) is 1.71. The molecule has 2 rings (SSSR count). The van der Waals surface area contributed by atoms with Crippen LogP contribution in [-0.4, -0.2) is 30.1 Å². The van der Waals surface area contributed by atoms with Crippen molar-refractivity contribution in [3.05, 3.63) is 40.4 Å². The van der Waals surface area contributed by atoms with Gasteiger partial charge in [-0.05, 0) is 31.8 Å². The minimum atomic E-state index is -0.325. The smallest absolute Gasteiger partial charge is 0.408 e. The van der Waals surface area contributed by atoms with Crippen molar-refractivity contribution in [1.82, 2.24) is 9.47 Å². The van der Waals surface area contributed by atoms with E-state index in [0.29, 0.717) is 5.58 Å². The van der Waals surface area contributed by atoms with Gasteiger partial charge in [0.1, 0.15) is 0 Å². The molecule has 17 heavy (non-hydrogen) atoms. The van der Waals surface area contributed by atoms with Gasteiger partial charge in [0, 0.05) is 13.6 Å². The predicted molar refractivity (Wildman–Crippen MR) is 69.0 cm³/mol. The topological polar surface area (TPSA) is 38.4 Å². The minimum absolute atomic E-state index is 0.325. The van der Waals surface area contributed by atoms with E-state index in [0.717, 1.165) is 17.6 Å². The molecule has 0 saturated heterocycles. The highest BCUT2D eigenvalue weighted by Gasteiger charge is 2.04. The van der Waals surface area contributed by atoms with Gasteiger partial charge in [-0.25, -0.2) is 4.79 Å². The average Bonchev–Trinajstić information content (AvgIpc) is 2.54. The monoisotopic (exact) mass is 232 g/mol. The summed E-state index contributed by atoms with van der Waals surface area (Å²) in [5.74, 6) is -0.325. The quantitative estimate of drug-likeness (QED) is 0.808. The molecule has 4 nitrogen and oxygen atoms in total. The largest absolute Gasteiger partial charge is 0.419 e. The summed E-state index contributed by atoms with van der Waals surface area (Å²) < 4.78 is 6.63. The summed E-state index contributed by atoms with van der Waals surface area (Å²) in [6, 6.07) is 5.75. The van der Waals surface area contributed by atoms with E-state index in [1.807, 2.05) is 38.4 Å². The second kappa shape index (κ2) is 4.59. The number of hydrogen-bond acceptors (Lipinski definition) is 3. The van der Waals surface area contributed by atoms with Gasteiger partial charge >= 0.3 is 5.76 Å². The minimum Gasteiger partial charge on any atom is -0.408 e. The number of likely N-dealkylation sites (N-methyl/N-ethyl adjacent to an activating group) is 1. The first-order valence-corrected chi connectivity index (χ1v) is 5.49. The third kappa shape index (κ3) is 2.47. The van der Waals surface area contributed by atoms with Crippen LogP contribution in [0.3, 0.4) is 0 Å². The van der Waals surface area contributed by atoms with E-state index in [2.05, 4.69) is 11.0 Å². The Morgan fingerprint density at radius 2 is 2.18 bits per heavy atom. The highest BCUT2D eigenvalue weighted by Crippen LogP contribution is 2.15. The second-order valence-electron chi connectivity index (χ2n) is 4.32. The van der Waals surface area contributed by atoms with Crippen LogP contribution >= 0.6 is 0 Å². The Labute approximate surface area is 99.8 Å². The van der Waals surface area contributed by atoms with Crippen molar-refractivity contribution in [2.45, 2.75) is 0 Å². The molecule has 0 amide bonds. The van der Waals surface area contributed by atoms with Crippen LogP contribution in [0.15, 0.2) is 33.5 Å². The summed E-state index contributed by atoms with van der Waals surface area (Å²) in [4.78, 5) is 13.4. The van der Waals surface area contributed by atoms with E-state index in [9.17, 15) is 4.79 Å². The van der Waals surface area contributed by atoms with Crippen LogP contribution in [0, 0.1) is 0 Å². The number of oxazole rings is 1. The molecule has 0 radical (unpaired) electrons. The zero-order chi connectivity index (χ0) is 12.4. The molecule has 0 N–H and O–H groups in total. The molecule has 2 aromatic rings.